The number of fused-ring (bicyclic) bond motifs is 7. The largest absolute Gasteiger partial charge is 0.454 e. The molecule has 0 N–H and O–H groups in total. The van der Waals surface area contributed by atoms with Crippen molar-refractivity contribution in [3.63, 3.8) is 0 Å². The quantitative estimate of drug-likeness (QED) is 0.260. The lowest BCUT2D eigenvalue weighted by atomic mass is 10.1. The smallest absolute Gasteiger partial charge is 0.160 e. The van der Waals surface area contributed by atoms with E-state index in [-0.39, 0.29) is 0 Å². The molecular formula is C30H18ClNO. The number of hydrogen-bond acceptors (Lipinski definition) is 1. The predicted octanol–water partition coefficient (Wildman–Crippen LogP) is 9.00. The molecule has 0 aliphatic rings. The van der Waals surface area contributed by atoms with E-state index in [1.807, 2.05) is 24.3 Å². The first-order valence-corrected chi connectivity index (χ1v) is 11.4. The molecule has 0 saturated heterocycles. The summed E-state index contributed by atoms with van der Waals surface area (Å²) < 4.78 is 8.75. The number of nitrogens with zero attached hydrogens (tertiary/aromatic N) is 1. The zero-order chi connectivity index (χ0) is 21.9. The van der Waals surface area contributed by atoms with E-state index in [9.17, 15) is 0 Å². The SMILES string of the molecule is Clc1ccc(-c2ccc(-n3c4ccccc4c4ccc5c6ccccc6oc5c43)cc2)cc1. The van der Waals surface area contributed by atoms with Crippen molar-refractivity contribution in [2.24, 2.45) is 0 Å². The molecule has 7 rings (SSSR count). The van der Waals surface area contributed by atoms with E-state index >= 15 is 0 Å². The van der Waals surface area contributed by atoms with Gasteiger partial charge < -0.3 is 8.98 Å². The molecule has 0 spiro atoms. The third-order valence-electron chi connectivity index (χ3n) is 6.48. The van der Waals surface area contributed by atoms with Crippen LogP contribution in [0, 0.1) is 0 Å². The van der Waals surface area contributed by atoms with Gasteiger partial charge in [0, 0.05) is 32.3 Å². The molecule has 0 amide bonds. The summed E-state index contributed by atoms with van der Waals surface area (Å²) in [5.74, 6) is 0. The maximum Gasteiger partial charge on any atom is 0.160 e. The second-order valence-electron chi connectivity index (χ2n) is 8.34. The molecule has 0 aliphatic heterocycles. The van der Waals surface area contributed by atoms with Gasteiger partial charge in [0.25, 0.3) is 0 Å². The van der Waals surface area contributed by atoms with Crippen LogP contribution in [-0.2, 0) is 0 Å². The highest BCUT2D eigenvalue weighted by Crippen LogP contribution is 2.40. The van der Waals surface area contributed by atoms with Crippen molar-refractivity contribution in [1.82, 2.24) is 4.57 Å². The van der Waals surface area contributed by atoms with Crippen molar-refractivity contribution in [2.45, 2.75) is 0 Å². The number of para-hydroxylation sites is 2. The summed E-state index contributed by atoms with van der Waals surface area (Å²) in [7, 11) is 0. The number of aromatic nitrogens is 1. The third kappa shape index (κ3) is 2.75. The van der Waals surface area contributed by atoms with Crippen molar-refractivity contribution in [3.8, 4) is 16.8 Å². The molecule has 33 heavy (non-hydrogen) atoms. The monoisotopic (exact) mass is 443 g/mol. The molecular weight excluding hydrogens is 426 g/mol. The minimum absolute atomic E-state index is 0.746. The summed E-state index contributed by atoms with van der Waals surface area (Å²) >= 11 is 6.07. The molecule has 0 bridgehead atoms. The van der Waals surface area contributed by atoms with E-state index in [1.165, 1.54) is 16.3 Å². The molecule has 3 heteroatoms. The zero-order valence-corrected chi connectivity index (χ0v) is 18.4. The van der Waals surface area contributed by atoms with E-state index < -0.39 is 0 Å². The first-order valence-electron chi connectivity index (χ1n) is 11.0. The molecule has 156 valence electrons. The van der Waals surface area contributed by atoms with Gasteiger partial charge in [0.1, 0.15) is 5.58 Å². The summed E-state index contributed by atoms with van der Waals surface area (Å²) in [6.07, 6.45) is 0. The van der Waals surface area contributed by atoms with Crippen molar-refractivity contribution in [2.75, 3.05) is 0 Å². The normalized spacial score (nSPS) is 11.8. The zero-order valence-electron chi connectivity index (χ0n) is 17.6. The average Bonchev–Trinajstić information content (AvgIpc) is 3.41. The van der Waals surface area contributed by atoms with Crippen LogP contribution in [0.3, 0.4) is 0 Å². The molecule has 2 heterocycles. The summed E-state index contributed by atoms with van der Waals surface area (Å²) in [6, 6.07) is 37.8. The Kier molecular flexibility index (Phi) is 3.93. The molecule has 0 saturated carbocycles. The topological polar surface area (TPSA) is 18.1 Å². The number of rotatable bonds is 2. The summed E-state index contributed by atoms with van der Waals surface area (Å²) in [6.45, 7) is 0. The Morgan fingerprint density at radius 2 is 1.18 bits per heavy atom. The molecule has 2 aromatic heterocycles. The second kappa shape index (κ2) is 6.99. The first-order chi connectivity index (χ1) is 16.3. The molecule has 0 fully saturated rings. The highest BCUT2D eigenvalue weighted by atomic mass is 35.5. The number of benzene rings is 5. The Morgan fingerprint density at radius 1 is 0.545 bits per heavy atom. The maximum absolute atomic E-state index is 6.43. The third-order valence-corrected chi connectivity index (χ3v) is 6.73. The van der Waals surface area contributed by atoms with Gasteiger partial charge in [0.2, 0.25) is 0 Å². The fraction of sp³-hybridized carbons (Fsp3) is 0. The molecule has 0 unspecified atom stereocenters. The highest BCUT2D eigenvalue weighted by molar-refractivity contribution is 6.30. The molecule has 0 radical (unpaired) electrons. The maximum atomic E-state index is 6.43. The average molecular weight is 444 g/mol. The van der Waals surface area contributed by atoms with Crippen molar-refractivity contribution < 1.29 is 4.42 Å². The minimum atomic E-state index is 0.746. The van der Waals surface area contributed by atoms with Crippen LogP contribution in [0.4, 0.5) is 0 Å². The molecule has 0 atom stereocenters. The number of furan rings is 1. The number of halogens is 1. The second-order valence-corrected chi connectivity index (χ2v) is 8.78. The Morgan fingerprint density at radius 3 is 1.97 bits per heavy atom. The Hall–Kier alpha value is -4.01. The van der Waals surface area contributed by atoms with E-state index in [1.54, 1.807) is 0 Å². The summed E-state index contributed by atoms with van der Waals surface area (Å²) in [4.78, 5) is 0. The van der Waals surface area contributed by atoms with Crippen molar-refractivity contribution in [3.05, 3.63) is 114 Å². The van der Waals surface area contributed by atoms with E-state index in [0.29, 0.717) is 0 Å². The van der Waals surface area contributed by atoms with Gasteiger partial charge in [-0.15, -0.1) is 0 Å². The van der Waals surface area contributed by atoms with Crippen molar-refractivity contribution in [1.29, 1.82) is 0 Å². The van der Waals surface area contributed by atoms with Crippen LogP contribution >= 0.6 is 11.6 Å². The minimum Gasteiger partial charge on any atom is -0.454 e. The molecule has 0 aliphatic carbocycles. The fourth-order valence-corrected chi connectivity index (χ4v) is 5.07. The van der Waals surface area contributed by atoms with Crippen LogP contribution in [0.15, 0.2) is 114 Å². The van der Waals surface area contributed by atoms with Gasteiger partial charge in [-0.2, -0.15) is 0 Å². The van der Waals surface area contributed by atoms with Crippen molar-refractivity contribution >= 4 is 55.3 Å². The van der Waals surface area contributed by atoms with E-state index in [0.717, 1.165) is 49.3 Å². The lowest BCUT2D eigenvalue weighted by Crippen LogP contribution is -1.94. The Labute approximate surface area is 195 Å². The van der Waals surface area contributed by atoms with Gasteiger partial charge in [-0.05, 0) is 53.6 Å². The molecule has 7 aromatic rings. The van der Waals surface area contributed by atoms with Crippen LogP contribution < -0.4 is 0 Å². The van der Waals surface area contributed by atoms with Gasteiger partial charge in [-0.1, -0.05) is 78.3 Å². The Balaban J connectivity index is 1.53. The number of hydrogen-bond donors (Lipinski definition) is 0. The molecule has 5 aromatic carbocycles. The van der Waals surface area contributed by atoms with Crippen LogP contribution in [0.25, 0.3) is 60.6 Å². The van der Waals surface area contributed by atoms with Gasteiger partial charge >= 0.3 is 0 Å². The van der Waals surface area contributed by atoms with Crippen LogP contribution in [0.5, 0.6) is 0 Å². The van der Waals surface area contributed by atoms with E-state index in [2.05, 4.69) is 89.5 Å². The van der Waals surface area contributed by atoms with Crippen LogP contribution in [0.2, 0.25) is 5.02 Å². The van der Waals surface area contributed by atoms with Gasteiger partial charge in [0.05, 0.1) is 11.0 Å². The Bertz CT molecular complexity index is 1810. The van der Waals surface area contributed by atoms with Crippen LogP contribution in [-0.4, -0.2) is 4.57 Å². The van der Waals surface area contributed by atoms with Gasteiger partial charge in [0.15, 0.2) is 5.58 Å². The lowest BCUT2D eigenvalue weighted by Gasteiger charge is -2.10. The van der Waals surface area contributed by atoms with Gasteiger partial charge in [-0.3, -0.25) is 0 Å². The van der Waals surface area contributed by atoms with Gasteiger partial charge in [-0.25, -0.2) is 0 Å². The summed E-state index contributed by atoms with van der Waals surface area (Å²) in [5.41, 5.74) is 7.51. The fourth-order valence-electron chi connectivity index (χ4n) is 4.94. The van der Waals surface area contributed by atoms with Crippen LogP contribution in [0.1, 0.15) is 0 Å². The summed E-state index contributed by atoms with van der Waals surface area (Å²) in [5, 5.41) is 5.44. The first kappa shape index (κ1) is 18.6. The molecule has 2 nitrogen and oxygen atoms in total. The standard InChI is InChI=1S/C30H18ClNO/c31-21-13-9-19(10-14-21)20-11-15-22(16-12-20)32-27-7-3-1-5-23(27)25-17-18-26-24-6-2-4-8-28(24)33-30(26)29(25)32/h1-18H. The highest BCUT2D eigenvalue weighted by Gasteiger charge is 2.18. The lowest BCUT2D eigenvalue weighted by molar-refractivity contribution is 0.671. The van der Waals surface area contributed by atoms with E-state index in [4.69, 9.17) is 16.0 Å². The predicted molar refractivity (Wildman–Crippen MR) is 139 cm³/mol.